The fraction of sp³-hybridized carbons (Fsp3) is 0.353. The second kappa shape index (κ2) is 6.84. The molecule has 3 rings (SSSR count). The molecule has 2 heterocycles. The van der Waals surface area contributed by atoms with E-state index in [1.54, 1.807) is 6.20 Å². The number of carbonyl (C=O) groups excluding carboxylic acids is 1. The first kappa shape index (κ1) is 16.8. The number of aromatic nitrogens is 2. The summed E-state index contributed by atoms with van der Waals surface area (Å²) in [6.07, 6.45) is 1.84. The van der Waals surface area contributed by atoms with Crippen molar-refractivity contribution in [1.82, 2.24) is 9.97 Å². The van der Waals surface area contributed by atoms with Gasteiger partial charge in [-0.1, -0.05) is 6.07 Å². The number of carbonyl (C=O) groups is 1. The van der Waals surface area contributed by atoms with Crippen LogP contribution in [-0.4, -0.2) is 50.9 Å². The van der Waals surface area contributed by atoms with Gasteiger partial charge in [0.25, 0.3) is 0 Å². The van der Waals surface area contributed by atoms with Gasteiger partial charge < -0.3 is 24.6 Å². The highest BCUT2D eigenvalue weighted by molar-refractivity contribution is 5.94. The average Bonchev–Trinajstić information content (AvgIpc) is 3.02. The standard InChI is InChI=1S/C17H21N5O3/c1-21(2)16-12(9-18-17(20-16)22(3)4)19-15(23)8-11-5-6-13-14(7-11)25-10-24-13/h5-7,9H,8,10H2,1-4H3,(H,19,23). The quantitative estimate of drug-likeness (QED) is 0.881. The van der Waals surface area contributed by atoms with Gasteiger partial charge in [0.2, 0.25) is 18.6 Å². The van der Waals surface area contributed by atoms with Gasteiger partial charge in [-0.05, 0) is 17.7 Å². The molecule has 132 valence electrons. The van der Waals surface area contributed by atoms with Crippen molar-refractivity contribution >= 4 is 23.4 Å². The fourth-order valence-corrected chi connectivity index (χ4v) is 2.44. The first-order chi connectivity index (χ1) is 11.9. The van der Waals surface area contributed by atoms with Gasteiger partial charge in [0, 0.05) is 28.2 Å². The molecule has 1 aromatic heterocycles. The molecule has 8 heteroatoms. The maximum atomic E-state index is 12.4. The smallest absolute Gasteiger partial charge is 0.231 e. The summed E-state index contributed by atoms with van der Waals surface area (Å²) in [5.41, 5.74) is 1.42. The normalized spacial score (nSPS) is 12.0. The Hall–Kier alpha value is -3.03. The number of anilines is 3. The molecular formula is C17H21N5O3. The van der Waals surface area contributed by atoms with Gasteiger partial charge in [-0.2, -0.15) is 4.98 Å². The number of nitrogens with one attached hydrogen (secondary N) is 1. The van der Waals surface area contributed by atoms with E-state index in [2.05, 4.69) is 15.3 Å². The lowest BCUT2D eigenvalue weighted by molar-refractivity contribution is -0.115. The molecule has 0 spiro atoms. The summed E-state index contributed by atoms with van der Waals surface area (Å²) in [7, 11) is 7.48. The van der Waals surface area contributed by atoms with E-state index >= 15 is 0 Å². The van der Waals surface area contributed by atoms with Crippen LogP contribution < -0.4 is 24.6 Å². The van der Waals surface area contributed by atoms with Crippen LogP contribution in [0.1, 0.15) is 5.56 Å². The molecule has 1 aliphatic heterocycles. The maximum absolute atomic E-state index is 12.4. The van der Waals surface area contributed by atoms with Crippen LogP contribution >= 0.6 is 0 Å². The van der Waals surface area contributed by atoms with Gasteiger partial charge in [0.15, 0.2) is 17.3 Å². The third-order valence-electron chi connectivity index (χ3n) is 3.66. The molecule has 0 saturated heterocycles. The zero-order chi connectivity index (χ0) is 18.0. The van der Waals surface area contributed by atoms with Crippen molar-refractivity contribution in [3.05, 3.63) is 30.0 Å². The summed E-state index contributed by atoms with van der Waals surface area (Å²) in [5, 5.41) is 2.88. The number of rotatable bonds is 5. The number of benzene rings is 1. The summed E-state index contributed by atoms with van der Waals surface area (Å²) >= 11 is 0. The SMILES string of the molecule is CN(C)c1ncc(NC(=O)Cc2ccc3c(c2)OCO3)c(N(C)C)n1. The van der Waals surface area contributed by atoms with E-state index in [4.69, 9.17) is 9.47 Å². The lowest BCUT2D eigenvalue weighted by atomic mass is 10.1. The molecule has 1 aliphatic rings. The third kappa shape index (κ3) is 3.73. The first-order valence-electron chi connectivity index (χ1n) is 7.84. The molecule has 0 atom stereocenters. The van der Waals surface area contributed by atoms with Crippen LogP contribution in [0, 0.1) is 0 Å². The Morgan fingerprint density at radius 3 is 2.64 bits per heavy atom. The molecule has 1 amide bonds. The van der Waals surface area contributed by atoms with E-state index in [-0.39, 0.29) is 19.1 Å². The first-order valence-corrected chi connectivity index (χ1v) is 7.84. The summed E-state index contributed by atoms with van der Waals surface area (Å²) in [6.45, 7) is 0.215. The largest absolute Gasteiger partial charge is 0.454 e. The van der Waals surface area contributed by atoms with Crippen molar-refractivity contribution in [3.8, 4) is 11.5 Å². The summed E-state index contributed by atoms with van der Waals surface area (Å²) in [6, 6.07) is 5.48. The second-order valence-corrected chi connectivity index (χ2v) is 6.11. The van der Waals surface area contributed by atoms with Crippen LogP contribution in [0.5, 0.6) is 11.5 Å². The van der Waals surface area contributed by atoms with Gasteiger partial charge in [-0.15, -0.1) is 0 Å². The van der Waals surface area contributed by atoms with Crippen LogP contribution in [0.15, 0.2) is 24.4 Å². The highest BCUT2D eigenvalue weighted by Gasteiger charge is 2.16. The molecule has 8 nitrogen and oxygen atoms in total. The van der Waals surface area contributed by atoms with Crippen LogP contribution in [0.3, 0.4) is 0 Å². The second-order valence-electron chi connectivity index (χ2n) is 6.11. The molecule has 2 aromatic rings. The van der Waals surface area contributed by atoms with E-state index in [1.807, 2.05) is 56.2 Å². The van der Waals surface area contributed by atoms with E-state index in [1.165, 1.54) is 0 Å². The van der Waals surface area contributed by atoms with Crippen molar-refractivity contribution < 1.29 is 14.3 Å². The van der Waals surface area contributed by atoms with Crippen LogP contribution in [-0.2, 0) is 11.2 Å². The predicted molar refractivity (Wildman–Crippen MR) is 95.6 cm³/mol. The molecular weight excluding hydrogens is 322 g/mol. The molecule has 1 N–H and O–H groups in total. The minimum Gasteiger partial charge on any atom is -0.454 e. The Labute approximate surface area is 146 Å². The molecule has 0 aliphatic carbocycles. The van der Waals surface area contributed by atoms with Crippen molar-refractivity contribution in [2.24, 2.45) is 0 Å². The van der Waals surface area contributed by atoms with Gasteiger partial charge in [-0.25, -0.2) is 4.98 Å². The van der Waals surface area contributed by atoms with E-state index < -0.39 is 0 Å². The molecule has 0 saturated carbocycles. The van der Waals surface area contributed by atoms with Gasteiger partial charge in [0.1, 0.15) is 5.69 Å². The molecule has 25 heavy (non-hydrogen) atoms. The number of amides is 1. The minimum absolute atomic E-state index is 0.150. The zero-order valence-electron chi connectivity index (χ0n) is 14.7. The zero-order valence-corrected chi connectivity index (χ0v) is 14.7. The van der Waals surface area contributed by atoms with Crippen LogP contribution in [0.25, 0.3) is 0 Å². The number of nitrogens with zero attached hydrogens (tertiary/aromatic N) is 4. The monoisotopic (exact) mass is 343 g/mol. The van der Waals surface area contributed by atoms with E-state index in [0.717, 1.165) is 5.56 Å². The Kier molecular flexibility index (Phi) is 4.60. The number of hydrogen-bond acceptors (Lipinski definition) is 7. The lowest BCUT2D eigenvalue weighted by Crippen LogP contribution is -2.21. The molecule has 0 fully saturated rings. The molecule has 0 unspecified atom stereocenters. The van der Waals surface area contributed by atoms with Crippen LogP contribution in [0.4, 0.5) is 17.5 Å². The highest BCUT2D eigenvalue weighted by atomic mass is 16.7. The summed E-state index contributed by atoms with van der Waals surface area (Å²) < 4.78 is 10.6. The van der Waals surface area contributed by atoms with Crippen LogP contribution in [0.2, 0.25) is 0 Å². The Morgan fingerprint density at radius 2 is 1.92 bits per heavy atom. The highest BCUT2D eigenvalue weighted by Crippen LogP contribution is 2.32. The van der Waals surface area contributed by atoms with Gasteiger partial charge in [0.05, 0.1) is 12.6 Å². The van der Waals surface area contributed by atoms with E-state index in [0.29, 0.717) is 29.0 Å². The predicted octanol–water partition coefficient (Wildman–Crippen LogP) is 1.52. The lowest BCUT2D eigenvalue weighted by Gasteiger charge is -2.19. The topological polar surface area (TPSA) is 79.8 Å². The van der Waals surface area contributed by atoms with Crippen molar-refractivity contribution in [2.45, 2.75) is 6.42 Å². The van der Waals surface area contributed by atoms with E-state index in [9.17, 15) is 4.79 Å². The summed E-state index contributed by atoms with van der Waals surface area (Å²) in [5.74, 6) is 2.45. The number of hydrogen-bond donors (Lipinski definition) is 1. The average molecular weight is 343 g/mol. The van der Waals surface area contributed by atoms with Crippen molar-refractivity contribution in [2.75, 3.05) is 50.1 Å². The Bertz CT molecular complexity index is 792. The molecule has 0 bridgehead atoms. The fourth-order valence-electron chi connectivity index (χ4n) is 2.44. The molecule has 1 aromatic carbocycles. The minimum atomic E-state index is -0.150. The summed E-state index contributed by atoms with van der Waals surface area (Å²) in [4.78, 5) is 24.8. The number of ether oxygens (including phenoxy) is 2. The van der Waals surface area contributed by atoms with Crippen molar-refractivity contribution in [3.63, 3.8) is 0 Å². The maximum Gasteiger partial charge on any atom is 0.231 e. The Morgan fingerprint density at radius 1 is 1.16 bits per heavy atom. The third-order valence-corrected chi connectivity index (χ3v) is 3.66. The Balaban J connectivity index is 1.74. The molecule has 0 radical (unpaired) electrons. The van der Waals surface area contributed by atoms with Gasteiger partial charge in [-0.3, -0.25) is 4.79 Å². The number of fused-ring (bicyclic) bond motifs is 1. The van der Waals surface area contributed by atoms with Gasteiger partial charge >= 0.3 is 0 Å². The van der Waals surface area contributed by atoms with Crippen molar-refractivity contribution in [1.29, 1.82) is 0 Å².